The van der Waals surface area contributed by atoms with Crippen LogP contribution < -0.4 is 16.0 Å². The van der Waals surface area contributed by atoms with Crippen molar-refractivity contribution >= 4 is 23.4 Å². The van der Waals surface area contributed by atoms with Gasteiger partial charge in [-0.05, 0) is 80.9 Å². The number of piperazine rings is 1. The number of nitrogens with two attached hydrogens (primary N) is 1. The van der Waals surface area contributed by atoms with Crippen LogP contribution in [-0.2, 0) is 0 Å². The van der Waals surface area contributed by atoms with Crippen LogP contribution in [0.5, 0.6) is 0 Å². The molecule has 216 valence electrons. The van der Waals surface area contributed by atoms with Gasteiger partial charge in [0.2, 0.25) is 11.9 Å². The van der Waals surface area contributed by atoms with E-state index in [1.54, 1.807) is 4.68 Å². The van der Waals surface area contributed by atoms with Gasteiger partial charge >= 0.3 is 0 Å². The lowest BCUT2D eigenvalue weighted by atomic mass is 9.66. The van der Waals surface area contributed by atoms with Gasteiger partial charge in [-0.25, -0.2) is 4.98 Å². The summed E-state index contributed by atoms with van der Waals surface area (Å²) >= 11 is 0. The molecule has 9 rings (SSSR count). The largest absolute Gasteiger partial charge is 0.368 e. The molecule has 1 saturated heterocycles. The Hall–Kier alpha value is -4.05. The van der Waals surface area contributed by atoms with E-state index in [1.165, 1.54) is 43.4 Å². The van der Waals surface area contributed by atoms with Crippen LogP contribution in [0.2, 0.25) is 0 Å². The minimum atomic E-state index is 0.297. The zero-order valence-electron chi connectivity index (χ0n) is 24.2. The molecule has 2 saturated carbocycles. The minimum absolute atomic E-state index is 0.297. The van der Waals surface area contributed by atoms with E-state index in [2.05, 4.69) is 57.4 Å². The molecule has 1 atom stereocenters. The highest BCUT2D eigenvalue weighted by Gasteiger charge is 2.39. The van der Waals surface area contributed by atoms with E-state index >= 15 is 0 Å². The van der Waals surface area contributed by atoms with Crippen LogP contribution in [-0.4, -0.2) is 67.1 Å². The maximum Gasteiger partial charge on any atom is 0.248 e. The van der Waals surface area contributed by atoms with Crippen LogP contribution in [0.25, 0.3) is 17.1 Å². The molecule has 10 heteroatoms. The highest BCUT2D eigenvalue weighted by Crippen LogP contribution is 2.53. The average molecular weight is 563 g/mol. The van der Waals surface area contributed by atoms with E-state index in [-0.39, 0.29) is 0 Å². The molecule has 5 aliphatic rings. The summed E-state index contributed by atoms with van der Waals surface area (Å²) in [5.74, 6) is 4.29. The molecule has 1 aliphatic heterocycles. The standard InChI is InChI=1S/C32H38N10/c1-20-18-41(16-15-40(20)19-21-7-8-21)26-14-13-25(17-34-26)35-32-36-31(33)42(39-32)30-28-23-11-9-22(10-12-23)27(28)29(37-38-30)24-5-3-2-4-6-24/h2-6,13-14,17,20-23H,7-12,15-16,18-19H2,1H3,(H3,33,35,36,39)/t20-,22?,23?/m0/s1. The smallest absolute Gasteiger partial charge is 0.248 e. The fourth-order valence-corrected chi connectivity index (χ4v) is 7.32. The first-order chi connectivity index (χ1) is 20.6. The van der Waals surface area contributed by atoms with Crippen molar-refractivity contribution in [3.63, 3.8) is 0 Å². The molecular formula is C32H38N10. The maximum absolute atomic E-state index is 6.44. The molecule has 3 N–H and O–H groups in total. The summed E-state index contributed by atoms with van der Waals surface area (Å²) < 4.78 is 1.66. The van der Waals surface area contributed by atoms with Crippen molar-refractivity contribution in [1.29, 1.82) is 0 Å². The second-order valence-electron chi connectivity index (χ2n) is 12.6. The molecule has 0 amide bonds. The zero-order chi connectivity index (χ0) is 28.2. The van der Waals surface area contributed by atoms with Gasteiger partial charge in [-0.1, -0.05) is 30.3 Å². The van der Waals surface area contributed by atoms with Gasteiger partial charge in [0.25, 0.3) is 0 Å². The Bertz CT molecular complexity index is 1570. The topological polar surface area (TPSA) is 114 Å². The summed E-state index contributed by atoms with van der Waals surface area (Å²) in [6.07, 6.45) is 9.37. The van der Waals surface area contributed by atoms with Gasteiger partial charge in [-0.15, -0.1) is 15.3 Å². The van der Waals surface area contributed by atoms with Crippen LogP contribution in [0.4, 0.5) is 23.4 Å². The first-order valence-corrected chi connectivity index (χ1v) is 15.5. The third-order valence-electron chi connectivity index (χ3n) is 9.74. The van der Waals surface area contributed by atoms with Crippen molar-refractivity contribution in [2.45, 2.75) is 63.3 Å². The molecular weight excluding hydrogens is 524 g/mol. The molecule has 4 heterocycles. The fourth-order valence-electron chi connectivity index (χ4n) is 7.32. The Labute approximate surface area is 246 Å². The normalized spacial score (nSPS) is 23.6. The van der Waals surface area contributed by atoms with Gasteiger partial charge in [0.05, 0.1) is 17.6 Å². The number of benzene rings is 1. The van der Waals surface area contributed by atoms with E-state index in [0.717, 1.165) is 61.2 Å². The maximum atomic E-state index is 6.44. The molecule has 3 aromatic heterocycles. The highest BCUT2D eigenvalue weighted by molar-refractivity contribution is 5.69. The summed E-state index contributed by atoms with van der Waals surface area (Å²) in [6, 6.07) is 15.0. The number of hydrogen-bond donors (Lipinski definition) is 2. The molecule has 1 aromatic carbocycles. The molecule has 10 nitrogen and oxygen atoms in total. The number of nitrogen functional groups attached to an aromatic ring is 1. The number of aromatic nitrogens is 6. The van der Waals surface area contributed by atoms with Crippen molar-refractivity contribution in [1.82, 2.24) is 34.8 Å². The summed E-state index contributed by atoms with van der Waals surface area (Å²) in [4.78, 5) is 14.3. The average Bonchev–Trinajstić information content (AvgIpc) is 3.78. The van der Waals surface area contributed by atoms with Gasteiger partial charge in [-0.3, -0.25) is 4.90 Å². The molecule has 42 heavy (non-hydrogen) atoms. The lowest BCUT2D eigenvalue weighted by Crippen LogP contribution is -2.52. The number of fused-ring (bicyclic) bond motifs is 2. The van der Waals surface area contributed by atoms with E-state index in [4.69, 9.17) is 26.0 Å². The van der Waals surface area contributed by atoms with Gasteiger partial charge in [0.15, 0.2) is 5.82 Å². The molecule has 0 radical (unpaired) electrons. The highest BCUT2D eigenvalue weighted by atomic mass is 15.5. The summed E-state index contributed by atoms with van der Waals surface area (Å²) in [5, 5.41) is 17.5. The van der Waals surface area contributed by atoms with E-state index < -0.39 is 0 Å². The Morgan fingerprint density at radius 1 is 0.905 bits per heavy atom. The zero-order valence-corrected chi connectivity index (χ0v) is 24.2. The summed E-state index contributed by atoms with van der Waals surface area (Å²) in [6.45, 7) is 6.70. The van der Waals surface area contributed by atoms with Crippen molar-refractivity contribution in [3.8, 4) is 17.1 Å². The number of rotatable bonds is 7. The van der Waals surface area contributed by atoms with Crippen LogP contribution >= 0.6 is 0 Å². The third kappa shape index (κ3) is 4.67. The molecule has 3 fully saturated rings. The molecule has 4 aliphatic carbocycles. The predicted octanol–water partition coefficient (Wildman–Crippen LogP) is 5.12. The lowest BCUT2D eigenvalue weighted by Gasteiger charge is -2.40. The number of nitrogens with zero attached hydrogens (tertiary/aromatic N) is 8. The molecule has 2 bridgehead atoms. The van der Waals surface area contributed by atoms with Gasteiger partial charge in [0, 0.05) is 43.3 Å². The fraction of sp³-hybridized carbons (Fsp3) is 0.469. The SMILES string of the molecule is C[C@H]1CN(c2ccc(Nc3nc(N)n(-c4nnc(-c5ccccc5)c5c4C4CCC5CC4)n3)cn2)CCN1CC1CC1. The minimum Gasteiger partial charge on any atom is -0.368 e. The second kappa shape index (κ2) is 10.3. The first-order valence-electron chi connectivity index (χ1n) is 15.5. The predicted molar refractivity (Wildman–Crippen MR) is 164 cm³/mol. The van der Waals surface area contributed by atoms with Crippen LogP contribution in [0.1, 0.15) is 68.4 Å². The van der Waals surface area contributed by atoms with Crippen molar-refractivity contribution < 1.29 is 0 Å². The quantitative estimate of drug-likeness (QED) is 0.317. The van der Waals surface area contributed by atoms with Crippen molar-refractivity contribution in [2.75, 3.05) is 42.1 Å². The molecule has 0 spiro atoms. The Kier molecular flexibility index (Phi) is 6.31. The van der Waals surface area contributed by atoms with Crippen LogP contribution in [0.15, 0.2) is 48.7 Å². The van der Waals surface area contributed by atoms with E-state index in [0.29, 0.717) is 35.6 Å². The Morgan fingerprint density at radius 2 is 1.69 bits per heavy atom. The number of pyridine rings is 1. The van der Waals surface area contributed by atoms with Crippen LogP contribution in [0.3, 0.4) is 0 Å². The first kappa shape index (κ1) is 25.6. The monoisotopic (exact) mass is 562 g/mol. The summed E-state index contributed by atoms with van der Waals surface area (Å²) in [5.41, 5.74) is 11.9. The van der Waals surface area contributed by atoms with Gasteiger partial charge in [0.1, 0.15) is 5.82 Å². The second-order valence-corrected chi connectivity index (χ2v) is 12.6. The Balaban J connectivity index is 1.03. The van der Waals surface area contributed by atoms with Crippen molar-refractivity contribution in [3.05, 3.63) is 59.8 Å². The molecule has 4 aromatic rings. The third-order valence-corrected chi connectivity index (χ3v) is 9.74. The number of hydrogen-bond acceptors (Lipinski definition) is 9. The van der Waals surface area contributed by atoms with Gasteiger partial charge < -0.3 is 16.0 Å². The molecule has 0 unspecified atom stereocenters. The Morgan fingerprint density at radius 3 is 2.40 bits per heavy atom. The lowest BCUT2D eigenvalue weighted by molar-refractivity contribution is 0.181. The summed E-state index contributed by atoms with van der Waals surface area (Å²) in [7, 11) is 0. The number of anilines is 4. The number of nitrogens with one attached hydrogen (secondary N) is 1. The van der Waals surface area contributed by atoms with E-state index in [1.807, 2.05) is 18.3 Å². The van der Waals surface area contributed by atoms with Crippen molar-refractivity contribution in [2.24, 2.45) is 5.92 Å². The van der Waals surface area contributed by atoms with E-state index in [9.17, 15) is 0 Å². The van der Waals surface area contributed by atoms with Crippen LogP contribution in [0, 0.1) is 5.92 Å². The van der Waals surface area contributed by atoms with Gasteiger partial charge in [-0.2, -0.15) is 9.67 Å².